The van der Waals surface area contributed by atoms with Crippen LogP contribution in [0.15, 0.2) is 0 Å². The SMILES string of the molecule is CC(C(=O)OC=O)C1CCCCC1. The molecule has 0 spiro atoms. The summed E-state index contributed by atoms with van der Waals surface area (Å²) < 4.78 is 4.34. The molecule has 0 amide bonds. The lowest BCUT2D eigenvalue weighted by atomic mass is 9.81. The minimum absolute atomic E-state index is 0.120. The minimum atomic E-state index is -0.373. The maximum absolute atomic E-state index is 11.2. The third-order valence-corrected chi connectivity index (χ3v) is 2.89. The largest absolute Gasteiger partial charge is 0.395 e. The van der Waals surface area contributed by atoms with E-state index in [4.69, 9.17) is 0 Å². The van der Waals surface area contributed by atoms with Gasteiger partial charge in [-0.3, -0.25) is 9.59 Å². The van der Waals surface area contributed by atoms with Crippen molar-refractivity contribution in [2.75, 3.05) is 0 Å². The first-order valence-corrected chi connectivity index (χ1v) is 4.90. The zero-order chi connectivity index (χ0) is 9.68. The molecule has 0 aromatic heterocycles. The molecule has 1 fully saturated rings. The molecule has 3 nitrogen and oxygen atoms in total. The predicted octanol–water partition coefficient (Wildman–Crippen LogP) is 1.90. The quantitative estimate of drug-likeness (QED) is 0.382. The van der Waals surface area contributed by atoms with Crippen molar-refractivity contribution >= 4 is 12.4 Å². The van der Waals surface area contributed by atoms with E-state index in [9.17, 15) is 9.59 Å². The zero-order valence-electron chi connectivity index (χ0n) is 7.99. The van der Waals surface area contributed by atoms with Gasteiger partial charge in [-0.05, 0) is 18.8 Å². The molecule has 74 valence electrons. The lowest BCUT2D eigenvalue weighted by Gasteiger charge is -2.25. The van der Waals surface area contributed by atoms with Crippen LogP contribution in [-0.2, 0) is 14.3 Å². The summed E-state index contributed by atoms with van der Waals surface area (Å²) in [6.45, 7) is 2.07. The molecule has 1 rings (SSSR count). The van der Waals surface area contributed by atoms with Crippen LogP contribution in [0.4, 0.5) is 0 Å². The Bertz CT molecular complexity index is 183. The predicted molar refractivity (Wildman–Crippen MR) is 47.9 cm³/mol. The Balaban J connectivity index is 2.39. The number of hydrogen-bond donors (Lipinski definition) is 0. The zero-order valence-corrected chi connectivity index (χ0v) is 7.99. The van der Waals surface area contributed by atoms with Crippen LogP contribution < -0.4 is 0 Å². The van der Waals surface area contributed by atoms with Crippen molar-refractivity contribution in [3.63, 3.8) is 0 Å². The molecule has 13 heavy (non-hydrogen) atoms. The lowest BCUT2D eigenvalue weighted by Crippen LogP contribution is -2.24. The molecule has 0 heterocycles. The van der Waals surface area contributed by atoms with Crippen molar-refractivity contribution in [2.24, 2.45) is 11.8 Å². The standard InChI is InChI=1S/C10H16O3/c1-8(10(12)13-7-11)9-5-3-2-4-6-9/h7-9H,2-6H2,1H3. The summed E-state index contributed by atoms with van der Waals surface area (Å²) in [5, 5.41) is 0. The fourth-order valence-corrected chi connectivity index (χ4v) is 1.98. The van der Waals surface area contributed by atoms with Gasteiger partial charge in [-0.25, -0.2) is 0 Å². The molecular formula is C10H16O3. The van der Waals surface area contributed by atoms with Crippen molar-refractivity contribution in [3.8, 4) is 0 Å². The second kappa shape index (κ2) is 5.00. The topological polar surface area (TPSA) is 43.4 Å². The molecule has 0 N–H and O–H groups in total. The minimum Gasteiger partial charge on any atom is -0.395 e. The molecule has 0 bridgehead atoms. The highest BCUT2D eigenvalue weighted by atomic mass is 16.6. The van der Waals surface area contributed by atoms with Gasteiger partial charge in [0, 0.05) is 0 Å². The molecule has 3 heteroatoms. The van der Waals surface area contributed by atoms with Gasteiger partial charge in [0.2, 0.25) is 0 Å². The number of esters is 1. The molecule has 0 aromatic rings. The van der Waals surface area contributed by atoms with Crippen molar-refractivity contribution < 1.29 is 14.3 Å². The Morgan fingerprint density at radius 1 is 1.38 bits per heavy atom. The molecule has 0 radical (unpaired) electrons. The summed E-state index contributed by atoms with van der Waals surface area (Å²) in [5.74, 6) is -0.0754. The monoisotopic (exact) mass is 184 g/mol. The summed E-state index contributed by atoms with van der Waals surface area (Å²) in [6.07, 6.45) is 5.85. The molecule has 1 atom stereocenters. The third-order valence-electron chi connectivity index (χ3n) is 2.89. The number of rotatable bonds is 3. The van der Waals surface area contributed by atoms with Crippen LogP contribution in [-0.4, -0.2) is 12.4 Å². The van der Waals surface area contributed by atoms with E-state index in [0.29, 0.717) is 5.92 Å². The Labute approximate surface area is 78.5 Å². The summed E-state index contributed by atoms with van der Waals surface area (Å²) in [6, 6.07) is 0. The number of carbonyl (C=O) groups excluding carboxylic acids is 2. The van der Waals surface area contributed by atoms with E-state index < -0.39 is 0 Å². The second-order valence-electron chi connectivity index (χ2n) is 3.72. The van der Waals surface area contributed by atoms with E-state index in [1.807, 2.05) is 6.92 Å². The van der Waals surface area contributed by atoms with Gasteiger partial charge in [0.05, 0.1) is 5.92 Å². The van der Waals surface area contributed by atoms with Gasteiger partial charge in [0.15, 0.2) is 0 Å². The average molecular weight is 184 g/mol. The van der Waals surface area contributed by atoms with E-state index >= 15 is 0 Å². The fourth-order valence-electron chi connectivity index (χ4n) is 1.98. The Hall–Kier alpha value is -0.860. The van der Waals surface area contributed by atoms with Gasteiger partial charge in [-0.1, -0.05) is 26.2 Å². The molecule has 1 aliphatic carbocycles. The van der Waals surface area contributed by atoms with Crippen LogP contribution in [0.2, 0.25) is 0 Å². The second-order valence-corrected chi connectivity index (χ2v) is 3.72. The van der Waals surface area contributed by atoms with Crippen molar-refractivity contribution in [3.05, 3.63) is 0 Å². The van der Waals surface area contributed by atoms with E-state index in [1.165, 1.54) is 19.3 Å². The first-order chi connectivity index (χ1) is 6.25. The summed E-state index contributed by atoms with van der Waals surface area (Å²) in [4.78, 5) is 21.1. The van der Waals surface area contributed by atoms with E-state index in [-0.39, 0.29) is 18.4 Å². The van der Waals surface area contributed by atoms with E-state index in [2.05, 4.69) is 4.74 Å². The van der Waals surface area contributed by atoms with Gasteiger partial charge in [0.1, 0.15) is 0 Å². The van der Waals surface area contributed by atoms with Crippen LogP contribution in [0.3, 0.4) is 0 Å². The van der Waals surface area contributed by atoms with Crippen molar-refractivity contribution in [1.29, 1.82) is 0 Å². The first kappa shape index (κ1) is 10.2. The number of hydrogen-bond acceptors (Lipinski definition) is 3. The van der Waals surface area contributed by atoms with Crippen LogP contribution in [0.5, 0.6) is 0 Å². The third kappa shape index (κ3) is 2.83. The highest BCUT2D eigenvalue weighted by Gasteiger charge is 2.26. The Kier molecular flexibility index (Phi) is 3.93. The molecular weight excluding hydrogens is 168 g/mol. The molecule has 1 aliphatic rings. The highest BCUT2D eigenvalue weighted by Crippen LogP contribution is 2.30. The highest BCUT2D eigenvalue weighted by molar-refractivity contribution is 5.78. The van der Waals surface area contributed by atoms with Gasteiger partial charge in [-0.2, -0.15) is 0 Å². The van der Waals surface area contributed by atoms with Crippen LogP contribution in [0.25, 0.3) is 0 Å². The van der Waals surface area contributed by atoms with Gasteiger partial charge in [0.25, 0.3) is 0 Å². The summed E-state index contributed by atoms with van der Waals surface area (Å²) in [5.41, 5.74) is 0. The Morgan fingerprint density at radius 2 is 2.00 bits per heavy atom. The first-order valence-electron chi connectivity index (χ1n) is 4.90. The summed E-state index contributed by atoms with van der Waals surface area (Å²) in [7, 11) is 0. The lowest BCUT2D eigenvalue weighted by molar-refractivity contribution is -0.156. The summed E-state index contributed by atoms with van der Waals surface area (Å²) >= 11 is 0. The average Bonchev–Trinajstić information content (AvgIpc) is 2.18. The maximum Gasteiger partial charge on any atom is 0.316 e. The Morgan fingerprint density at radius 3 is 2.54 bits per heavy atom. The van der Waals surface area contributed by atoms with E-state index in [1.54, 1.807) is 0 Å². The van der Waals surface area contributed by atoms with Gasteiger partial charge < -0.3 is 4.74 Å². The van der Waals surface area contributed by atoms with Crippen LogP contribution in [0, 0.1) is 11.8 Å². The van der Waals surface area contributed by atoms with Crippen LogP contribution >= 0.6 is 0 Å². The maximum atomic E-state index is 11.2. The van der Waals surface area contributed by atoms with Gasteiger partial charge in [-0.15, -0.1) is 0 Å². The molecule has 1 saturated carbocycles. The van der Waals surface area contributed by atoms with Crippen molar-refractivity contribution in [2.45, 2.75) is 39.0 Å². The number of carbonyl (C=O) groups is 2. The molecule has 0 saturated heterocycles. The molecule has 1 unspecified atom stereocenters. The molecule has 0 aliphatic heterocycles. The number of ether oxygens (including phenoxy) is 1. The van der Waals surface area contributed by atoms with Gasteiger partial charge >= 0.3 is 12.4 Å². The van der Waals surface area contributed by atoms with Crippen LogP contribution in [0.1, 0.15) is 39.0 Å². The fraction of sp³-hybridized carbons (Fsp3) is 0.800. The van der Waals surface area contributed by atoms with E-state index in [0.717, 1.165) is 12.8 Å². The smallest absolute Gasteiger partial charge is 0.316 e. The van der Waals surface area contributed by atoms with Crippen molar-refractivity contribution in [1.82, 2.24) is 0 Å². The molecule has 0 aromatic carbocycles. The normalized spacial score (nSPS) is 20.7.